The van der Waals surface area contributed by atoms with Crippen LogP contribution in [-0.4, -0.2) is 72.1 Å². The predicted octanol–water partition coefficient (Wildman–Crippen LogP) is 1.61. The van der Waals surface area contributed by atoms with Gasteiger partial charge in [0.2, 0.25) is 0 Å². The smallest absolute Gasteiger partial charge is 0.119 e. The normalized spacial score (nSPS) is 21.4. The highest BCUT2D eigenvalue weighted by Gasteiger charge is 2.16. The Hall–Kier alpha value is -0.790. The second kappa shape index (κ2) is 8.89. The van der Waals surface area contributed by atoms with Crippen molar-refractivity contribution in [2.75, 3.05) is 50.9 Å². The van der Waals surface area contributed by atoms with Crippen LogP contribution >= 0.6 is 11.8 Å². The van der Waals surface area contributed by atoms with Gasteiger partial charge in [-0.25, -0.2) is 0 Å². The fourth-order valence-corrected chi connectivity index (χ4v) is 3.87. The maximum atomic E-state index is 10.2. The van der Waals surface area contributed by atoms with Gasteiger partial charge in [0.1, 0.15) is 18.5 Å². The van der Waals surface area contributed by atoms with Crippen molar-refractivity contribution in [3.63, 3.8) is 0 Å². The number of β-amino-alcohol motifs (C(OH)–C–C–N with tert-alkyl or cyclic N) is 1. The van der Waals surface area contributed by atoms with Gasteiger partial charge in [-0.2, -0.15) is 16.8 Å². The van der Waals surface area contributed by atoms with Gasteiger partial charge in [-0.3, -0.25) is 9.74 Å². The van der Waals surface area contributed by atoms with Crippen LogP contribution < -0.4 is 4.74 Å². The van der Waals surface area contributed by atoms with Crippen molar-refractivity contribution in [3.05, 3.63) is 29.8 Å². The number of ether oxygens (including phenoxy) is 1. The van der Waals surface area contributed by atoms with E-state index in [0.717, 1.165) is 56.5 Å². The molecule has 3 rings (SSSR count). The van der Waals surface area contributed by atoms with E-state index in [4.69, 9.17) is 9.57 Å². The fourth-order valence-electron chi connectivity index (χ4n) is 2.89. The molecule has 2 aliphatic rings. The largest absolute Gasteiger partial charge is 0.491 e. The van der Waals surface area contributed by atoms with Gasteiger partial charge < -0.3 is 9.84 Å². The molecule has 2 saturated heterocycles. The van der Waals surface area contributed by atoms with Gasteiger partial charge in [0.25, 0.3) is 0 Å². The number of benzene rings is 1. The van der Waals surface area contributed by atoms with E-state index >= 15 is 0 Å². The zero-order valence-electron chi connectivity index (χ0n) is 13.5. The summed E-state index contributed by atoms with van der Waals surface area (Å²) in [5.74, 6) is 3.14. The molecule has 1 N–H and O–H groups in total. The van der Waals surface area contributed by atoms with E-state index in [-0.39, 0.29) is 0 Å². The molecule has 1 atom stereocenters. The van der Waals surface area contributed by atoms with Crippen LogP contribution in [0, 0.1) is 0 Å². The molecule has 0 spiro atoms. The van der Waals surface area contributed by atoms with Crippen LogP contribution in [0.3, 0.4) is 0 Å². The summed E-state index contributed by atoms with van der Waals surface area (Å²) in [4.78, 5) is 7.84. The number of aliphatic hydroxyl groups excluding tert-OH is 1. The molecular formula is C17H26N2O3S. The Morgan fingerprint density at radius 3 is 2.91 bits per heavy atom. The quantitative estimate of drug-likeness (QED) is 0.815. The summed E-state index contributed by atoms with van der Waals surface area (Å²) in [6, 6.07) is 8.05. The molecule has 0 saturated carbocycles. The summed E-state index contributed by atoms with van der Waals surface area (Å²) in [6.07, 6.45) is 0.654. The Bertz CT molecular complexity index is 477. The average molecular weight is 338 g/mol. The Kier molecular flexibility index (Phi) is 6.59. The van der Waals surface area contributed by atoms with E-state index in [1.54, 1.807) is 0 Å². The zero-order valence-corrected chi connectivity index (χ0v) is 14.3. The van der Waals surface area contributed by atoms with Crippen molar-refractivity contribution < 1.29 is 14.7 Å². The lowest BCUT2D eigenvalue weighted by Crippen LogP contribution is -2.40. The minimum absolute atomic E-state index is 0.341. The van der Waals surface area contributed by atoms with Crippen LogP contribution in [0.2, 0.25) is 0 Å². The number of hydrogen-bond donors (Lipinski definition) is 1. The SMILES string of the molecule is OC(COc1cccc(CN2CCCO2)c1)CN1CCSCC1. The second-order valence-electron chi connectivity index (χ2n) is 6.08. The van der Waals surface area contributed by atoms with Gasteiger partial charge in [0.15, 0.2) is 0 Å². The average Bonchev–Trinajstić information content (AvgIpc) is 3.07. The third-order valence-electron chi connectivity index (χ3n) is 4.10. The molecule has 0 amide bonds. The van der Waals surface area contributed by atoms with Crippen molar-refractivity contribution in [1.82, 2.24) is 9.96 Å². The minimum atomic E-state index is -0.441. The Labute approximate surface area is 142 Å². The van der Waals surface area contributed by atoms with Crippen LogP contribution in [0.1, 0.15) is 12.0 Å². The van der Waals surface area contributed by atoms with Crippen LogP contribution in [-0.2, 0) is 11.4 Å². The van der Waals surface area contributed by atoms with Gasteiger partial charge in [0, 0.05) is 44.2 Å². The van der Waals surface area contributed by atoms with E-state index < -0.39 is 6.10 Å². The number of hydroxylamine groups is 2. The lowest BCUT2D eigenvalue weighted by molar-refractivity contribution is -0.117. The summed E-state index contributed by atoms with van der Waals surface area (Å²) in [6.45, 7) is 5.75. The topological polar surface area (TPSA) is 45.2 Å². The molecule has 1 unspecified atom stereocenters. The molecular weight excluding hydrogens is 312 g/mol. The van der Waals surface area contributed by atoms with Gasteiger partial charge in [0.05, 0.1) is 6.61 Å². The van der Waals surface area contributed by atoms with Gasteiger partial charge in [-0.15, -0.1) is 0 Å². The molecule has 0 bridgehead atoms. The van der Waals surface area contributed by atoms with Crippen molar-refractivity contribution >= 4 is 11.8 Å². The zero-order chi connectivity index (χ0) is 15.9. The predicted molar refractivity (Wildman–Crippen MR) is 92.7 cm³/mol. The first-order chi connectivity index (χ1) is 11.3. The van der Waals surface area contributed by atoms with Crippen molar-refractivity contribution in [2.45, 2.75) is 19.1 Å². The summed E-state index contributed by atoms with van der Waals surface area (Å²) in [5, 5.41) is 12.1. The molecule has 6 heteroatoms. The lowest BCUT2D eigenvalue weighted by atomic mass is 10.2. The standard InChI is InChI=1S/C17H26N2O3S/c20-16(13-18-6-9-23-10-7-18)14-21-17-4-1-3-15(11-17)12-19-5-2-8-22-19/h1,3-4,11,16,20H,2,5-10,12-14H2. The minimum Gasteiger partial charge on any atom is -0.491 e. The maximum absolute atomic E-state index is 10.2. The van der Waals surface area contributed by atoms with Crippen LogP contribution in [0.5, 0.6) is 5.75 Å². The molecule has 0 aromatic heterocycles. The van der Waals surface area contributed by atoms with Crippen LogP contribution in [0.25, 0.3) is 0 Å². The Morgan fingerprint density at radius 2 is 2.13 bits per heavy atom. The highest BCUT2D eigenvalue weighted by Crippen LogP contribution is 2.17. The third-order valence-corrected chi connectivity index (χ3v) is 5.04. The number of nitrogens with zero attached hydrogens (tertiary/aromatic N) is 2. The van der Waals surface area contributed by atoms with Crippen LogP contribution in [0.4, 0.5) is 0 Å². The van der Waals surface area contributed by atoms with Gasteiger partial charge in [-0.05, 0) is 24.1 Å². The first kappa shape index (κ1) is 17.0. The summed E-state index contributed by atoms with van der Waals surface area (Å²) in [7, 11) is 0. The Morgan fingerprint density at radius 1 is 1.26 bits per heavy atom. The van der Waals surface area contributed by atoms with E-state index in [0.29, 0.717) is 13.2 Å². The summed E-state index contributed by atoms with van der Waals surface area (Å²) < 4.78 is 5.77. The van der Waals surface area contributed by atoms with Crippen molar-refractivity contribution in [1.29, 1.82) is 0 Å². The molecule has 2 fully saturated rings. The fraction of sp³-hybridized carbons (Fsp3) is 0.647. The number of rotatable bonds is 7. The highest BCUT2D eigenvalue weighted by molar-refractivity contribution is 7.99. The third kappa shape index (κ3) is 5.65. The highest BCUT2D eigenvalue weighted by atomic mass is 32.2. The maximum Gasteiger partial charge on any atom is 0.119 e. The van der Waals surface area contributed by atoms with E-state index in [1.807, 2.05) is 35.0 Å². The molecule has 23 heavy (non-hydrogen) atoms. The molecule has 1 aromatic rings. The van der Waals surface area contributed by atoms with Gasteiger partial charge in [-0.1, -0.05) is 12.1 Å². The van der Waals surface area contributed by atoms with Gasteiger partial charge >= 0.3 is 0 Å². The number of thioether (sulfide) groups is 1. The monoisotopic (exact) mass is 338 g/mol. The van der Waals surface area contributed by atoms with Crippen molar-refractivity contribution in [2.24, 2.45) is 0 Å². The molecule has 0 aliphatic carbocycles. The molecule has 0 radical (unpaired) electrons. The number of hydrogen-bond acceptors (Lipinski definition) is 6. The van der Waals surface area contributed by atoms with E-state index in [1.165, 1.54) is 5.56 Å². The summed E-state index contributed by atoms with van der Waals surface area (Å²) in [5.41, 5.74) is 1.17. The molecule has 128 valence electrons. The molecule has 5 nitrogen and oxygen atoms in total. The first-order valence-electron chi connectivity index (χ1n) is 8.37. The summed E-state index contributed by atoms with van der Waals surface area (Å²) >= 11 is 1.98. The van der Waals surface area contributed by atoms with Crippen LogP contribution in [0.15, 0.2) is 24.3 Å². The molecule has 2 heterocycles. The first-order valence-corrected chi connectivity index (χ1v) is 9.53. The van der Waals surface area contributed by atoms with E-state index in [2.05, 4.69) is 11.0 Å². The second-order valence-corrected chi connectivity index (χ2v) is 7.30. The lowest BCUT2D eigenvalue weighted by Gasteiger charge is -2.28. The van der Waals surface area contributed by atoms with E-state index in [9.17, 15) is 5.11 Å². The molecule has 2 aliphatic heterocycles. The molecule has 1 aromatic carbocycles. The van der Waals surface area contributed by atoms with Crippen molar-refractivity contribution in [3.8, 4) is 5.75 Å². The Balaban J connectivity index is 1.43. The number of aliphatic hydroxyl groups is 1.